The number of aliphatic hydroxyl groups is 1. The van der Waals surface area contributed by atoms with Crippen molar-refractivity contribution in [1.82, 2.24) is 19.6 Å². The van der Waals surface area contributed by atoms with Crippen LogP contribution in [-0.2, 0) is 21.4 Å². The van der Waals surface area contributed by atoms with Crippen LogP contribution in [0, 0.1) is 13.8 Å². The largest absolute Gasteiger partial charge is 0.507 e. The van der Waals surface area contributed by atoms with Gasteiger partial charge in [0.15, 0.2) is 0 Å². The Bertz CT molecular complexity index is 1000. The number of Topliss-reactive ketones (excluding diaryl/α,β-unsaturated/α-hetero) is 1. The maximum atomic E-state index is 13.0. The van der Waals surface area contributed by atoms with E-state index in [1.807, 2.05) is 6.92 Å². The Morgan fingerprint density at radius 1 is 1.23 bits per heavy atom. The predicted octanol–water partition coefficient (Wildman–Crippen LogP) is 1.77. The van der Waals surface area contributed by atoms with Gasteiger partial charge in [0.25, 0.3) is 11.7 Å². The minimum Gasteiger partial charge on any atom is -0.507 e. The van der Waals surface area contributed by atoms with Gasteiger partial charge in [0.2, 0.25) is 0 Å². The van der Waals surface area contributed by atoms with E-state index in [0.717, 1.165) is 19.6 Å². The van der Waals surface area contributed by atoms with E-state index in [0.29, 0.717) is 48.9 Å². The number of aryl methyl sites for hydroxylation is 2. The number of morpholine rings is 1. The number of furan rings is 1. The fourth-order valence-electron chi connectivity index (χ4n) is 4.39. The van der Waals surface area contributed by atoms with Crippen LogP contribution in [0.15, 0.2) is 28.4 Å². The van der Waals surface area contributed by atoms with Gasteiger partial charge in [0.05, 0.1) is 36.3 Å². The maximum Gasteiger partial charge on any atom is 0.295 e. The fourth-order valence-corrected chi connectivity index (χ4v) is 4.39. The van der Waals surface area contributed by atoms with Gasteiger partial charge in [-0.2, -0.15) is 5.10 Å². The number of carbonyl (C=O) groups is 2. The van der Waals surface area contributed by atoms with E-state index in [4.69, 9.17) is 9.15 Å². The number of rotatable bonds is 6. The van der Waals surface area contributed by atoms with Gasteiger partial charge in [-0.1, -0.05) is 0 Å². The van der Waals surface area contributed by atoms with Crippen LogP contribution in [0.1, 0.15) is 35.2 Å². The Morgan fingerprint density at radius 3 is 2.58 bits per heavy atom. The lowest BCUT2D eigenvalue weighted by Crippen LogP contribution is -2.38. The number of likely N-dealkylation sites (tertiary alicyclic amines) is 1. The second-order valence-electron chi connectivity index (χ2n) is 7.98. The molecule has 4 heterocycles. The molecule has 1 amide bonds. The molecule has 0 aromatic carbocycles. The number of ketones is 1. The van der Waals surface area contributed by atoms with Crippen molar-refractivity contribution in [3.05, 3.63) is 46.7 Å². The van der Waals surface area contributed by atoms with E-state index in [9.17, 15) is 14.7 Å². The summed E-state index contributed by atoms with van der Waals surface area (Å²) in [6.45, 7) is 7.91. The van der Waals surface area contributed by atoms with E-state index in [2.05, 4.69) is 10.00 Å². The van der Waals surface area contributed by atoms with Crippen molar-refractivity contribution in [1.29, 1.82) is 0 Å². The van der Waals surface area contributed by atoms with Crippen molar-refractivity contribution < 1.29 is 23.8 Å². The molecule has 1 N–H and O–H groups in total. The minimum atomic E-state index is -0.765. The third-order valence-corrected chi connectivity index (χ3v) is 6.08. The highest BCUT2D eigenvalue weighted by Crippen LogP contribution is 2.40. The topological polar surface area (TPSA) is 101 Å². The molecule has 0 radical (unpaired) electrons. The fraction of sp³-hybridized carbons (Fsp3) is 0.500. The zero-order chi connectivity index (χ0) is 22.1. The third kappa shape index (κ3) is 3.90. The number of amides is 1. The van der Waals surface area contributed by atoms with E-state index < -0.39 is 17.7 Å². The molecule has 166 valence electrons. The third-order valence-electron chi connectivity index (χ3n) is 6.08. The van der Waals surface area contributed by atoms with E-state index in [1.165, 1.54) is 11.2 Å². The summed E-state index contributed by atoms with van der Waals surface area (Å²) in [5.41, 5.74) is 1.83. The van der Waals surface area contributed by atoms with Crippen LogP contribution in [0.3, 0.4) is 0 Å². The summed E-state index contributed by atoms with van der Waals surface area (Å²) in [7, 11) is 1.77. The Morgan fingerprint density at radius 2 is 1.97 bits per heavy atom. The Balaban J connectivity index is 1.66. The number of hydrogen-bond donors (Lipinski definition) is 1. The molecule has 9 heteroatoms. The lowest BCUT2D eigenvalue weighted by Gasteiger charge is -2.28. The lowest BCUT2D eigenvalue weighted by atomic mass is 9.98. The van der Waals surface area contributed by atoms with Crippen LogP contribution >= 0.6 is 0 Å². The van der Waals surface area contributed by atoms with Crippen molar-refractivity contribution in [3.63, 3.8) is 0 Å². The van der Waals surface area contributed by atoms with E-state index >= 15 is 0 Å². The number of nitrogens with zero attached hydrogens (tertiary/aromatic N) is 4. The predicted molar refractivity (Wildman–Crippen MR) is 112 cm³/mol. The molecule has 9 nitrogen and oxygen atoms in total. The second kappa shape index (κ2) is 8.68. The molecule has 4 rings (SSSR count). The highest BCUT2D eigenvalue weighted by molar-refractivity contribution is 6.46. The molecule has 31 heavy (non-hydrogen) atoms. The summed E-state index contributed by atoms with van der Waals surface area (Å²) >= 11 is 0. The zero-order valence-electron chi connectivity index (χ0n) is 18.1. The Hall–Kier alpha value is -2.91. The first-order valence-corrected chi connectivity index (χ1v) is 10.5. The van der Waals surface area contributed by atoms with Crippen molar-refractivity contribution in [2.75, 3.05) is 39.4 Å². The number of carbonyl (C=O) groups excluding carboxylic acids is 2. The van der Waals surface area contributed by atoms with Gasteiger partial charge in [-0.15, -0.1) is 0 Å². The molecule has 2 aromatic rings. The van der Waals surface area contributed by atoms with Gasteiger partial charge >= 0.3 is 0 Å². The number of hydrogen-bond acceptors (Lipinski definition) is 7. The van der Waals surface area contributed by atoms with Crippen molar-refractivity contribution in [2.45, 2.75) is 26.3 Å². The van der Waals surface area contributed by atoms with Crippen molar-refractivity contribution in [2.24, 2.45) is 7.05 Å². The van der Waals surface area contributed by atoms with Crippen LogP contribution in [0.2, 0.25) is 0 Å². The van der Waals surface area contributed by atoms with Crippen LogP contribution in [0.25, 0.3) is 5.76 Å². The van der Waals surface area contributed by atoms with Crippen molar-refractivity contribution >= 4 is 17.4 Å². The smallest absolute Gasteiger partial charge is 0.295 e. The van der Waals surface area contributed by atoms with Crippen LogP contribution in [0.4, 0.5) is 0 Å². The van der Waals surface area contributed by atoms with Crippen molar-refractivity contribution in [3.8, 4) is 0 Å². The summed E-state index contributed by atoms with van der Waals surface area (Å²) in [6.07, 6.45) is 2.21. The molecular weight excluding hydrogens is 400 g/mol. The van der Waals surface area contributed by atoms with Gasteiger partial charge in [0, 0.05) is 38.9 Å². The average molecular weight is 428 g/mol. The maximum absolute atomic E-state index is 13.0. The molecule has 2 fully saturated rings. The summed E-state index contributed by atoms with van der Waals surface area (Å²) < 4.78 is 12.6. The normalized spacial score (nSPS) is 21.9. The summed E-state index contributed by atoms with van der Waals surface area (Å²) in [6, 6.07) is 2.67. The number of aliphatic hydroxyl groups excluding tert-OH is 1. The molecule has 0 aliphatic carbocycles. The van der Waals surface area contributed by atoms with Gasteiger partial charge in [-0.25, -0.2) is 0 Å². The molecule has 2 aromatic heterocycles. The van der Waals surface area contributed by atoms with Gasteiger partial charge in [-0.3, -0.25) is 19.2 Å². The summed E-state index contributed by atoms with van der Waals surface area (Å²) in [5.74, 6) is -1.08. The molecule has 0 bridgehead atoms. The zero-order valence-corrected chi connectivity index (χ0v) is 18.1. The number of aromatic nitrogens is 2. The minimum absolute atomic E-state index is 0.0468. The average Bonchev–Trinajstić information content (AvgIpc) is 3.43. The molecule has 2 saturated heterocycles. The van der Waals surface area contributed by atoms with Crippen LogP contribution in [0.5, 0.6) is 0 Å². The molecule has 0 unspecified atom stereocenters. The molecular formula is C22H28N4O5. The van der Waals surface area contributed by atoms with Gasteiger partial charge < -0.3 is 19.2 Å². The Kier molecular flexibility index (Phi) is 5.97. The van der Waals surface area contributed by atoms with E-state index in [1.54, 1.807) is 30.8 Å². The molecule has 2 aliphatic heterocycles. The molecule has 1 atom stereocenters. The lowest BCUT2D eigenvalue weighted by molar-refractivity contribution is -0.140. The SMILES string of the molecule is Cc1nn(C)c(C)c1/C(O)=C1\C(=O)C(=O)N(CCCN2CCOCC2)[C@@H]1c1ccco1. The first-order chi connectivity index (χ1) is 14.9. The monoisotopic (exact) mass is 428 g/mol. The van der Waals surface area contributed by atoms with E-state index in [-0.39, 0.29) is 11.3 Å². The quantitative estimate of drug-likeness (QED) is 0.425. The first kappa shape index (κ1) is 21.3. The molecule has 0 saturated carbocycles. The highest BCUT2D eigenvalue weighted by atomic mass is 16.5. The molecule has 0 spiro atoms. The summed E-state index contributed by atoms with van der Waals surface area (Å²) in [5, 5.41) is 15.5. The summed E-state index contributed by atoms with van der Waals surface area (Å²) in [4.78, 5) is 29.8. The highest BCUT2D eigenvalue weighted by Gasteiger charge is 2.47. The first-order valence-electron chi connectivity index (χ1n) is 10.5. The van der Waals surface area contributed by atoms with Crippen LogP contribution < -0.4 is 0 Å². The number of ether oxygens (including phenoxy) is 1. The van der Waals surface area contributed by atoms with Gasteiger partial charge in [-0.05, 0) is 32.4 Å². The second-order valence-corrected chi connectivity index (χ2v) is 7.98. The Labute approximate surface area is 180 Å². The van der Waals surface area contributed by atoms with Crippen LogP contribution in [-0.4, -0.2) is 75.8 Å². The standard InChI is InChI=1S/C22H28N4O5/c1-14-17(15(2)24(3)23-14)20(27)18-19(16-6-4-11-31-16)26(22(29)21(18)28)8-5-7-25-9-12-30-13-10-25/h4,6,11,19,27H,5,7-10,12-13H2,1-3H3/b20-18+/t19-/m1/s1. The van der Waals surface area contributed by atoms with Gasteiger partial charge in [0.1, 0.15) is 17.6 Å². The molecule has 2 aliphatic rings.